The molecule has 1 rings (SSSR count). The Bertz CT molecular complexity index is 317. The zero-order valence-electron chi connectivity index (χ0n) is 9.06. The van der Waals surface area contributed by atoms with Crippen molar-refractivity contribution in [1.29, 1.82) is 0 Å². The molecular weight excluding hydrogens is 215 g/mol. The van der Waals surface area contributed by atoms with Crippen molar-refractivity contribution in [3.63, 3.8) is 0 Å². The van der Waals surface area contributed by atoms with E-state index in [1.165, 1.54) is 6.07 Å². The molecule has 0 aliphatic heterocycles. The van der Waals surface area contributed by atoms with Crippen LogP contribution in [0.2, 0.25) is 5.02 Å². The summed E-state index contributed by atoms with van der Waals surface area (Å²) in [7, 11) is 1.85. The highest BCUT2D eigenvalue weighted by atomic mass is 35.5. The molecular formula is C11H16ClFN2. The van der Waals surface area contributed by atoms with Gasteiger partial charge in [-0.15, -0.1) is 0 Å². The van der Waals surface area contributed by atoms with E-state index in [1.54, 1.807) is 12.1 Å². The van der Waals surface area contributed by atoms with Gasteiger partial charge < -0.3 is 10.2 Å². The van der Waals surface area contributed by atoms with Crippen LogP contribution in [-0.4, -0.2) is 26.7 Å². The average molecular weight is 231 g/mol. The number of rotatable bonds is 5. The second-order valence-electron chi connectivity index (χ2n) is 3.37. The van der Waals surface area contributed by atoms with E-state index in [9.17, 15) is 4.39 Å². The monoisotopic (exact) mass is 230 g/mol. The molecule has 84 valence electrons. The largest absolute Gasteiger partial charge is 0.371 e. The second kappa shape index (κ2) is 5.93. The molecule has 0 saturated heterocycles. The molecule has 0 aromatic heterocycles. The van der Waals surface area contributed by atoms with Crippen LogP contribution in [0, 0.1) is 5.82 Å². The molecule has 2 nitrogen and oxygen atoms in total. The maximum Gasteiger partial charge on any atom is 0.146 e. The number of benzene rings is 1. The normalized spacial score (nSPS) is 10.4. The second-order valence-corrected chi connectivity index (χ2v) is 3.81. The Morgan fingerprint density at radius 3 is 2.87 bits per heavy atom. The Hall–Kier alpha value is -0.800. The lowest BCUT2D eigenvalue weighted by Crippen LogP contribution is -2.29. The third-order valence-corrected chi connectivity index (χ3v) is 2.43. The van der Waals surface area contributed by atoms with Crippen LogP contribution in [0.15, 0.2) is 18.2 Å². The lowest BCUT2D eigenvalue weighted by Gasteiger charge is -2.20. The van der Waals surface area contributed by atoms with Gasteiger partial charge >= 0.3 is 0 Å². The zero-order chi connectivity index (χ0) is 11.3. The zero-order valence-corrected chi connectivity index (χ0v) is 9.81. The molecule has 0 saturated carbocycles. The minimum atomic E-state index is -0.238. The van der Waals surface area contributed by atoms with Gasteiger partial charge in [-0.1, -0.05) is 18.5 Å². The predicted octanol–water partition coefficient (Wildman–Crippen LogP) is 2.52. The highest BCUT2D eigenvalue weighted by Gasteiger charge is 2.07. The molecule has 0 aliphatic carbocycles. The van der Waals surface area contributed by atoms with Crippen molar-refractivity contribution < 1.29 is 4.39 Å². The fourth-order valence-electron chi connectivity index (χ4n) is 1.32. The van der Waals surface area contributed by atoms with Gasteiger partial charge in [0.1, 0.15) is 5.82 Å². The summed E-state index contributed by atoms with van der Waals surface area (Å²) < 4.78 is 13.4. The van der Waals surface area contributed by atoms with Crippen LogP contribution in [0.1, 0.15) is 6.92 Å². The van der Waals surface area contributed by atoms with Gasteiger partial charge in [0, 0.05) is 25.2 Å². The highest BCUT2D eigenvalue weighted by Crippen LogP contribution is 2.22. The summed E-state index contributed by atoms with van der Waals surface area (Å²) in [5.74, 6) is -0.238. The molecule has 1 aromatic rings. The number of nitrogens with one attached hydrogen (secondary N) is 1. The average Bonchev–Trinajstić information content (AvgIpc) is 2.22. The SMILES string of the molecule is CCNCCN(C)c1cc(Cl)ccc1F. The van der Waals surface area contributed by atoms with E-state index in [0.717, 1.165) is 19.6 Å². The first-order valence-electron chi connectivity index (χ1n) is 5.02. The Labute approximate surface area is 95.0 Å². The van der Waals surface area contributed by atoms with Gasteiger partial charge in [0.15, 0.2) is 0 Å². The van der Waals surface area contributed by atoms with Crippen molar-refractivity contribution in [2.24, 2.45) is 0 Å². The molecule has 1 aromatic carbocycles. The summed E-state index contributed by atoms with van der Waals surface area (Å²) >= 11 is 5.81. The smallest absolute Gasteiger partial charge is 0.146 e. The molecule has 0 unspecified atom stereocenters. The highest BCUT2D eigenvalue weighted by molar-refractivity contribution is 6.30. The number of anilines is 1. The quantitative estimate of drug-likeness (QED) is 0.782. The van der Waals surface area contributed by atoms with Crippen LogP contribution in [0.5, 0.6) is 0 Å². The van der Waals surface area contributed by atoms with Crippen molar-refractivity contribution in [2.75, 3.05) is 31.6 Å². The number of likely N-dealkylation sites (N-methyl/N-ethyl adjacent to an activating group) is 2. The summed E-state index contributed by atoms with van der Waals surface area (Å²) in [6.07, 6.45) is 0. The standard InChI is InChI=1S/C11H16ClFN2/c1-3-14-6-7-15(2)11-8-9(12)4-5-10(11)13/h4-5,8,14H,3,6-7H2,1-2H3. The Morgan fingerprint density at radius 1 is 1.47 bits per heavy atom. The Morgan fingerprint density at radius 2 is 2.20 bits per heavy atom. The maximum atomic E-state index is 13.4. The predicted molar refractivity (Wildman–Crippen MR) is 63.2 cm³/mol. The van der Waals surface area contributed by atoms with Crippen LogP contribution in [0.25, 0.3) is 0 Å². The number of hydrogen-bond acceptors (Lipinski definition) is 2. The summed E-state index contributed by atoms with van der Waals surface area (Å²) in [5.41, 5.74) is 0.542. The van der Waals surface area contributed by atoms with E-state index in [4.69, 9.17) is 11.6 Å². The van der Waals surface area contributed by atoms with Crippen LogP contribution in [-0.2, 0) is 0 Å². The van der Waals surface area contributed by atoms with Gasteiger partial charge in [-0.05, 0) is 24.7 Å². The van der Waals surface area contributed by atoms with Crippen molar-refractivity contribution >= 4 is 17.3 Å². The van der Waals surface area contributed by atoms with Crippen LogP contribution < -0.4 is 10.2 Å². The van der Waals surface area contributed by atoms with Crippen molar-refractivity contribution in [3.05, 3.63) is 29.0 Å². The summed E-state index contributed by atoms with van der Waals surface area (Å²) in [4.78, 5) is 1.85. The van der Waals surface area contributed by atoms with Gasteiger partial charge in [-0.2, -0.15) is 0 Å². The van der Waals surface area contributed by atoms with E-state index >= 15 is 0 Å². The van der Waals surface area contributed by atoms with Gasteiger partial charge in [0.25, 0.3) is 0 Å². The first kappa shape index (κ1) is 12.3. The summed E-state index contributed by atoms with van der Waals surface area (Å²) in [6.45, 7) is 4.55. The molecule has 0 radical (unpaired) electrons. The summed E-state index contributed by atoms with van der Waals surface area (Å²) in [6, 6.07) is 4.59. The minimum Gasteiger partial charge on any atom is -0.371 e. The van der Waals surface area contributed by atoms with Crippen molar-refractivity contribution in [2.45, 2.75) is 6.92 Å². The van der Waals surface area contributed by atoms with Crippen LogP contribution in [0.4, 0.5) is 10.1 Å². The molecule has 0 aliphatic rings. The molecule has 4 heteroatoms. The molecule has 0 fully saturated rings. The first-order chi connectivity index (χ1) is 7.15. The molecule has 0 amide bonds. The van der Waals surface area contributed by atoms with Crippen molar-refractivity contribution in [1.82, 2.24) is 5.32 Å². The lowest BCUT2D eigenvalue weighted by molar-refractivity contribution is 0.618. The minimum absolute atomic E-state index is 0.238. The first-order valence-corrected chi connectivity index (χ1v) is 5.40. The molecule has 1 N–H and O–H groups in total. The van der Waals surface area contributed by atoms with E-state index in [2.05, 4.69) is 5.32 Å². The molecule has 0 bridgehead atoms. The fraction of sp³-hybridized carbons (Fsp3) is 0.455. The Kier molecular flexibility index (Phi) is 4.85. The Balaban J connectivity index is 2.64. The van der Waals surface area contributed by atoms with Gasteiger partial charge in [-0.25, -0.2) is 4.39 Å². The van der Waals surface area contributed by atoms with Crippen molar-refractivity contribution in [3.8, 4) is 0 Å². The van der Waals surface area contributed by atoms with E-state index in [1.807, 2.05) is 18.9 Å². The molecule has 0 atom stereocenters. The number of halogens is 2. The van der Waals surface area contributed by atoms with E-state index < -0.39 is 0 Å². The van der Waals surface area contributed by atoms with Crippen LogP contribution >= 0.6 is 11.6 Å². The van der Waals surface area contributed by atoms with Gasteiger partial charge in [-0.3, -0.25) is 0 Å². The van der Waals surface area contributed by atoms with E-state index in [0.29, 0.717) is 10.7 Å². The fourth-order valence-corrected chi connectivity index (χ4v) is 1.49. The third kappa shape index (κ3) is 3.68. The number of nitrogens with zero attached hydrogens (tertiary/aromatic N) is 1. The molecule has 0 heterocycles. The third-order valence-electron chi connectivity index (χ3n) is 2.19. The topological polar surface area (TPSA) is 15.3 Å². The van der Waals surface area contributed by atoms with Crippen LogP contribution in [0.3, 0.4) is 0 Å². The van der Waals surface area contributed by atoms with E-state index in [-0.39, 0.29) is 5.82 Å². The molecule has 15 heavy (non-hydrogen) atoms. The van der Waals surface area contributed by atoms with Gasteiger partial charge in [0.2, 0.25) is 0 Å². The van der Waals surface area contributed by atoms with Gasteiger partial charge in [0.05, 0.1) is 5.69 Å². The summed E-state index contributed by atoms with van der Waals surface area (Å²) in [5, 5.41) is 3.74. The lowest BCUT2D eigenvalue weighted by atomic mass is 10.3. The maximum absolute atomic E-state index is 13.4. The number of hydrogen-bond donors (Lipinski definition) is 1. The molecule has 0 spiro atoms.